The van der Waals surface area contributed by atoms with E-state index < -0.39 is 12.0 Å². The molecule has 0 aromatic carbocycles. The Hall–Kier alpha value is -0.690. The Morgan fingerprint density at radius 2 is 1.94 bits per heavy atom. The topological polar surface area (TPSA) is 73.0 Å². The molecule has 0 bridgehead atoms. The summed E-state index contributed by atoms with van der Waals surface area (Å²) in [6.07, 6.45) is 0. The van der Waals surface area contributed by atoms with Crippen molar-refractivity contribution in [3.63, 3.8) is 0 Å². The maximum absolute atomic E-state index is 11.0. The molecule has 0 radical (unpaired) electrons. The van der Waals surface area contributed by atoms with Crippen molar-refractivity contribution < 1.29 is 9.90 Å². The van der Waals surface area contributed by atoms with Gasteiger partial charge in [0, 0.05) is 45.8 Å². The van der Waals surface area contributed by atoms with E-state index in [1.807, 2.05) is 4.90 Å². The number of hydrogen-bond acceptors (Lipinski definition) is 5. The predicted octanol–water partition coefficient (Wildman–Crippen LogP) is -1.42. The smallest absolute Gasteiger partial charge is 0.322 e. The van der Waals surface area contributed by atoms with Crippen molar-refractivity contribution in [3.05, 3.63) is 0 Å². The number of nitrogens with zero attached hydrogens (tertiary/aromatic N) is 3. The number of hydrogen-bond donors (Lipinski definition) is 2. The molecule has 6 heteroatoms. The summed E-state index contributed by atoms with van der Waals surface area (Å²) in [5.41, 5.74) is 5.49. The molecule has 1 saturated heterocycles. The lowest BCUT2D eigenvalue weighted by Gasteiger charge is -2.37. The van der Waals surface area contributed by atoms with E-state index in [4.69, 9.17) is 10.8 Å². The van der Waals surface area contributed by atoms with Gasteiger partial charge in [-0.2, -0.15) is 0 Å². The van der Waals surface area contributed by atoms with Gasteiger partial charge in [0.15, 0.2) is 0 Å². The summed E-state index contributed by atoms with van der Waals surface area (Å²) in [7, 11) is 4.12. The molecule has 0 saturated carbocycles. The lowest BCUT2D eigenvalue weighted by molar-refractivity contribution is -0.143. The van der Waals surface area contributed by atoms with Gasteiger partial charge in [0.2, 0.25) is 0 Å². The van der Waals surface area contributed by atoms with Crippen LogP contribution in [0, 0.1) is 0 Å². The molecular formula is C11H24N4O2. The van der Waals surface area contributed by atoms with Gasteiger partial charge in [0.25, 0.3) is 0 Å². The third-order valence-corrected chi connectivity index (χ3v) is 3.22. The number of carboxylic acids is 1. The lowest BCUT2D eigenvalue weighted by atomic mass is 10.2. The molecule has 0 amide bonds. The second kappa shape index (κ2) is 6.90. The molecule has 3 N–H and O–H groups in total. The van der Waals surface area contributed by atoms with E-state index in [2.05, 4.69) is 23.9 Å². The van der Waals surface area contributed by atoms with E-state index in [-0.39, 0.29) is 6.54 Å². The second-order valence-electron chi connectivity index (χ2n) is 4.77. The van der Waals surface area contributed by atoms with Crippen molar-refractivity contribution >= 4 is 5.97 Å². The van der Waals surface area contributed by atoms with Crippen LogP contribution in [-0.4, -0.2) is 91.7 Å². The SMILES string of the molecule is CN(C)CCN1CCN(C(CN)C(=O)O)CC1. The Bertz CT molecular complexity index is 240. The van der Waals surface area contributed by atoms with Crippen molar-refractivity contribution in [3.8, 4) is 0 Å². The minimum atomic E-state index is -0.811. The van der Waals surface area contributed by atoms with E-state index in [9.17, 15) is 4.79 Å². The number of aliphatic carboxylic acids is 1. The van der Waals surface area contributed by atoms with Gasteiger partial charge in [-0.1, -0.05) is 0 Å². The Morgan fingerprint density at radius 1 is 1.35 bits per heavy atom. The molecule has 1 rings (SSSR count). The van der Waals surface area contributed by atoms with Crippen LogP contribution in [0.2, 0.25) is 0 Å². The van der Waals surface area contributed by atoms with Crippen LogP contribution in [0.25, 0.3) is 0 Å². The highest BCUT2D eigenvalue weighted by Gasteiger charge is 2.27. The van der Waals surface area contributed by atoms with Crippen LogP contribution in [0.5, 0.6) is 0 Å². The van der Waals surface area contributed by atoms with Crippen LogP contribution in [0.4, 0.5) is 0 Å². The molecule has 17 heavy (non-hydrogen) atoms. The summed E-state index contributed by atoms with van der Waals surface area (Å²) in [4.78, 5) is 17.5. The maximum atomic E-state index is 11.0. The zero-order valence-electron chi connectivity index (χ0n) is 10.8. The van der Waals surface area contributed by atoms with Crippen molar-refractivity contribution in [1.82, 2.24) is 14.7 Å². The first-order chi connectivity index (χ1) is 8.04. The molecule has 1 aliphatic rings. The summed E-state index contributed by atoms with van der Waals surface area (Å²) < 4.78 is 0. The number of piperazine rings is 1. The minimum Gasteiger partial charge on any atom is -0.480 e. The predicted molar refractivity (Wildman–Crippen MR) is 67.0 cm³/mol. The van der Waals surface area contributed by atoms with Gasteiger partial charge in [-0.15, -0.1) is 0 Å². The van der Waals surface area contributed by atoms with Gasteiger partial charge >= 0.3 is 5.97 Å². The van der Waals surface area contributed by atoms with Gasteiger partial charge < -0.3 is 15.7 Å². The first kappa shape index (κ1) is 14.4. The normalized spacial score (nSPS) is 20.7. The molecule has 1 unspecified atom stereocenters. The van der Waals surface area contributed by atoms with Gasteiger partial charge in [0.1, 0.15) is 6.04 Å². The van der Waals surface area contributed by atoms with Crippen LogP contribution in [-0.2, 0) is 4.79 Å². The van der Waals surface area contributed by atoms with Gasteiger partial charge in [0.05, 0.1) is 0 Å². The lowest BCUT2D eigenvalue weighted by Crippen LogP contribution is -2.55. The number of carbonyl (C=O) groups is 1. The van der Waals surface area contributed by atoms with E-state index in [1.54, 1.807) is 0 Å². The molecule has 1 heterocycles. The highest BCUT2D eigenvalue weighted by atomic mass is 16.4. The fourth-order valence-corrected chi connectivity index (χ4v) is 2.05. The Morgan fingerprint density at radius 3 is 2.35 bits per heavy atom. The van der Waals surface area contributed by atoms with Crippen molar-refractivity contribution in [2.24, 2.45) is 5.73 Å². The molecule has 1 aliphatic heterocycles. The van der Waals surface area contributed by atoms with Crippen molar-refractivity contribution in [2.45, 2.75) is 6.04 Å². The molecule has 0 aliphatic carbocycles. The highest BCUT2D eigenvalue weighted by Crippen LogP contribution is 2.06. The van der Waals surface area contributed by atoms with Crippen LogP contribution in [0.1, 0.15) is 0 Å². The number of carboxylic acid groups (broad SMARTS) is 1. The summed E-state index contributed by atoms with van der Waals surface area (Å²) in [5, 5.41) is 9.03. The third kappa shape index (κ3) is 4.59. The number of likely N-dealkylation sites (N-methyl/N-ethyl adjacent to an activating group) is 1. The molecule has 0 aromatic heterocycles. The fraction of sp³-hybridized carbons (Fsp3) is 0.909. The summed E-state index contributed by atoms with van der Waals surface area (Å²) in [6.45, 7) is 5.71. The molecule has 100 valence electrons. The largest absolute Gasteiger partial charge is 0.480 e. The molecule has 6 nitrogen and oxygen atoms in total. The highest BCUT2D eigenvalue weighted by molar-refractivity contribution is 5.73. The van der Waals surface area contributed by atoms with E-state index in [0.29, 0.717) is 0 Å². The summed E-state index contributed by atoms with van der Waals surface area (Å²) >= 11 is 0. The molecular weight excluding hydrogens is 220 g/mol. The maximum Gasteiger partial charge on any atom is 0.322 e. The molecule has 0 spiro atoms. The van der Waals surface area contributed by atoms with Crippen molar-refractivity contribution in [1.29, 1.82) is 0 Å². The average Bonchev–Trinajstić information content (AvgIpc) is 2.28. The van der Waals surface area contributed by atoms with Crippen LogP contribution in [0.15, 0.2) is 0 Å². The Labute approximate surface area is 103 Å². The third-order valence-electron chi connectivity index (χ3n) is 3.22. The standard InChI is InChI=1S/C11H24N4O2/c1-13(2)3-4-14-5-7-15(8-6-14)10(9-12)11(16)17/h10H,3-9,12H2,1-2H3,(H,16,17). The van der Waals surface area contributed by atoms with Crippen LogP contribution in [0.3, 0.4) is 0 Å². The zero-order chi connectivity index (χ0) is 12.8. The van der Waals surface area contributed by atoms with E-state index >= 15 is 0 Å². The average molecular weight is 244 g/mol. The number of rotatable bonds is 6. The van der Waals surface area contributed by atoms with Gasteiger partial charge in [-0.3, -0.25) is 14.6 Å². The Kier molecular flexibility index (Phi) is 5.84. The Balaban J connectivity index is 2.32. The molecule has 1 fully saturated rings. The fourth-order valence-electron chi connectivity index (χ4n) is 2.05. The molecule has 0 aromatic rings. The van der Waals surface area contributed by atoms with Gasteiger partial charge in [-0.05, 0) is 14.1 Å². The zero-order valence-corrected chi connectivity index (χ0v) is 10.8. The van der Waals surface area contributed by atoms with E-state index in [0.717, 1.165) is 39.3 Å². The van der Waals surface area contributed by atoms with E-state index in [1.165, 1.54) is 0 Å². The quantitative estimate of drug-likeness (QED) is 0.597. The monoisotopic (exact) mass is 244 g/mol. The molecule has 1 atom stereocenters. The van der Waals surface area contributed by atoms with Gasteiger partial charge in [-0.25, -0.2) is 0 Å². The first-order valence-electron chi connectivity index (χ1n) is 6.08. The number of nitrogens with two attached hydrogens (primary N) is 1. The first-order valence-corrected chi connectivity index (χ1v) is 6.08. The van der Waals surface area contributed by atoms with Crippen molar-refractivity contribution in [2.75, 3.05) is 59.9 Å². The van der Waals surface area contributed by atoms with Crippen LogP contribution >= 0.6 is 0 Å². The second-order valence-corrected chi connectivity index (χ2v) is 4.77. The summed E-state index contributed by atoms with van der Waals surface area (Å²) in [5.74, 6) is -0.811. The summed E-state index contributed by atoms with van der Waals surface area (Å²) in [6, 6.07) is -0.522. The minimum absolute atomic E-state index is 0.188. The van der Waals surface area contributed by atoms with Crippen LogP contribution < -0.4 is 5.73 Å².